The van der Waals surface area contributed by atoms with E-state index >= 15 is 0 Å². The molecule has 128 valence electrons. The highest BCUT2D eigenvalue weighted by Crippen LogP contribution is 2.30. The second-order valence-electron chi connectivity index (χ2n) is 5.91. The fourth-order valence-corrected chi connectivity index (χ4v) is 2.77. The molecule has 1 aromatic rings. The molecular formula is C20H19NO4. The molecule has 0 saturated heterocycles. The normalized spacial score (nSPS) is 15.8. The van der Waals surface area contributed by atoms with E-state index in [9.17, 15) is 14.4 Å². The number of nitrogens with zero attached hydrogens (tertiary/aromatic N) is 1. The maximum atomic E-state index is 12.5. The summed E-state index contributed by atoms with van der Waals surface area (Å²) in [7, 11) is 0. The van der Waals surface area contributed by atoms with Crippen molar-refractivity contribution in [1.29, 1.82) is 0 Å². The van der Waals surface area contributed by atoms with Gasteiger partial charge in [-0.1, -0.05) is 37.6 Å². The number of fused-ring (bicyclic) bond motifs is 1. The Morgan fingerprint density at radius 3 is 2.20 bits per heavy atom. The number of Topliss-reactive ketones (excluding diaryl/α,β-unsaturated/α-hetero) is 2. The molecule has 0 fully saturated rings. The molecule has 3 rings (SSSR count). The Morgan fingerprint density at radius 2 is 1.64 bits per heavy atom. The maximum Gasteiger partial charge on any atom is 0.325 e. The van der Waals surface area contributed by atoms with Crippen molar-refractivity contribution < 1.29 is 19.1 Å². The van der Waals surface area contributed by atoms with Crippen molar-refractivity contribution in [2.75, 3.05) is 13.2 Å². The summed E-state index contributed by atoms with van der Waals surface area (Å²) in [5.74, 6) is -0.811. The monoisotopic (exact) mass is 337 g/mol. The van der Waals surface area contributed by atoms with E-state index in [1.54, 1.807) is 53.7 Å². The van der Waals surface area contributed by atoms with Gasteiger partial charge in [0.05, 0.1) is 12.2 Å². The lowest BCUT2D eigenvalue weighted by atomic mass is 10.0. The summed E-state index contributed by atoms with van der Waals surface area (Å²) in [6, 6.07) is 6.82. The number of hydrogen-bond donors (Lipinski definition) is 0. The van der Waals surface area contributed by atoms with Crippen molar-refractivity contribution in [3.63, 3.8) is 0 Å². The van der Waals surface area contributed by atoms with Crippen LogP contribution in [0.4, 0.5) is 0 Å². The molecule has 5 nitrogen and oxygen atoms in total. The summed E-state index contributed by atoms with van der Waals surface area (Å²) < 4.78 is 5.12. The molecule has 0 saturated carbocycles. The lowest BCUT2D eigenvalue weighted by Gasteiger charge is -2.18. The van der Waals surface area contributed by atoms with Crippen LogP contribution < -0.4 is 0 Å². The molecule has 0 aromatic heterocycles. The topological polar surface area (TPSA) is 63.7 Å². The second-order valence-corrected chi connectivity index (χ2v) is 5.91. The molecule has 5 heteroatoms. The molecule has 0 unspecified atom stereocenters. The molecule has 0 bridgehead atoms. The molecule has 1 heterocycles. The van der Waals surface area contributed by atoms with Crippen molar-refractivity contribution in [1.82, 2.24) is 4.90 Å². The largest absolute Gasteiger partial charge is 0.464 e. The Hall–Kier alpha value is -2.95. The van der Waals surface area contributed by atoms with Crippen molar-refractivity contribution in [2.45, 2.75) is 19.8 Å². The molecule has 1 aromatic carbocycles. The lowest BCUT2D eigenvalue weighted by Crippen LogP contribution is -2.24. The van der Waals surface area contributed by atoms with E-state index in [4.69, 9.17) is 4.74 Å². The zero-order valence-corrected chi connectivity index (χ0v) is 14.0. The molecular weight excluding hydrogens is 318 g/mol. The Bertz CT molecular complexity index is 764. The van der Waals surface area contributed by atoms with Crippen LogP contribution in [0.1, 0.15) is 40.5 Å². The lowest BCUT2D eigenvalue weighted by molar-refractivity contribution is -0.143. The third kappa shape index (κ3) is 3.45. The highest BCUT2D eigenvalue weighted by Gasteiger charge is 2.34. The smallest absolute Gasteiger partial charge is 0.325 e. The van der Waals surface area contributed by atoms with Gasteiger partial charge in [0.15, 0.2) is 11.6 Å². The summed E-state index contributed by atoms with van der Waals surface area (Å²) in [6.07, 6.45) is 8.52. The fraction of sp³-hybridized carbons (Fsp3) is 0.250. The van der Waals surface area contributed by atoms with Crippen LogP contribution in [0.3, 0.4) is 0 Å². The number of benzene rings is 1. The highest BCUT2D eigenvalue weighted by atomic mass is 16.5. The molecule has 25 heavy (non-hydrogen) atoms. The zero-order chi connectivity index (χ0) is 17.8. The van der Waals surface area contributed by atoms with Crippen LogP contribution in [0.5, 0.6) is 0 Å². The van der Waals surface area contributed by atoms with Gasteiger partial charge in [0.1, 0.15) is 6.54 Å². The van der Waals surface area contributed by atoms with E-state index in [2.05, 4.69) is 0 Å². The van der Waals surface area contributed by atoms with E-state index in [0.29, 0.717) is 23.3 Å². The number of carbonyl (C=O) groups excluding carboxylic acids is 3. The predicted molar refractivity (Wildman–Crippen MR) is 93.0 cm³/mol. The van der Waals surface area contributed by atoms with Gasteiger partial charge < -0.3 is 9.64 Å². The first-order valence-corrected chi connectivity index (χ1v) is 8.32. The number of ether oxygens (including phenoxy) is 1. The third-order valence-corrected chi connectivity index (χ3v) is 4.12. The number of rotatable bonds is 5. The van der Waals surface area contributed by atoms with E-state index in [1.807, 2.05) is 6.92 Å². The van der Waals surface area contributed by atoms with Gasteiger partial charge in [-0.3, -0.25) is 14.4 Å². The SMILES string of the molecule is CCCCOC(=O)CN1C=CC(=C2C(=O)c3ccccc3C2=O)C=C1. The third-order valence-electron chi connectivity index (χ3n) is 4.12. The average Bonchev–Trinajstić information content (AvgIpc) is 2.88. The van der Waals surface area contributed by atoms with Crippen LogP contribution >= 0.6 is 0 Å². The minimum Gasteiger partial charge on any atom is -0.464 e. The summed E-state index contributed by atoms with van der Waals surface area (Å²) in [6.45, 7) is 2.55. The fourth-order valence-electron chi connectivity index (χ4n) is 2.77. The molecule has 0 radical (unpaired) electrons. The first kappa shape index (κ1) is 16.9. The minimum atomic E-state index is -0.306. The number of carbonyl (C=O) groups is 3. The van der Waals surface area contributed by atoms with E-state index in [1.165, 1.54) is 0 Å². The minimum absolute atomic E-state index is 0.0987. The second kappa shape index (κ2) is 7.30. The zero-order valence-electron chi connectivity index (χ0n) is 14.0. The van der Waals surface area contributed by atoms with Crippen LogP contribution in [0.25, 0.3) is 0 Å². The molecule has 1 aliphatic carbocycles. The molecule has 0 amide bonds. The van der Waals surface area contributed by atoms with Crippen molar-refractivity contribution in [3.05, 3.63) is 71.1 Å². The Morgan fingerprint density at radius 1 is 1.04 bits per heavy atom. The number of unbranched alkanes of at least 4 members (excludes halogenated alkanes) is 1. The van der Waals surface area contributed by atoms with Crippen molar-refractivity contribution in [2.24, 2.45) is 0 Å². The molecule has 0 N–H and O–H groups in total. The van der Waals surface area contributed by atoms with Crippen LogP contribution in [-0.2, 0) is 9.53 Å². The van der Waals surface area contributed by atoms with Gasteiger partial charge >= 0.3 is 5.97 Å². The van der Waals surface area contributed by atoms with Crippen LogP contribution in [0, 0.1) is 0 Å². The predicted octanol–water partition coefficient (Wildman–Crippen LogP) is 3.05. The van der Waals surface area contributed by atoms with Crippen molar-refractivity contribution >= 4 is 17.5 Å². The van der Waals surface area contributed by atoms with Gasteiger partial charge in [-0.05, 0) is 24.1 Å². The van der Waals surface area contributed by atoms with Gasteiger partial charge in [-0.15, -0.1) is 0 Å². The van der Waals surface area contributed by atoms with Gasteiger partial charge in [-0.25, -0.2) is 0 Å². The summed E-state index contributed by atoms with van der Waals surface area (Å²) in [5.41, 5.74) is 1.62. The molecule has 0 spiro atoms. The van der Waals surface area contributed by atoms with Crippen molar-refractivity contribution in [3.8, 4) is 0 Å². The number of ketones is 2. The number of hydrogen-bond acceptors (Lipinski definition) is 5. The summed E-state index contributed by atoms with van der Waals surface area (Å²) >= 11 is 0. The molecule has 1 aliphatic heterocycles. The van der Waals surface area contributed by atoms with E-state index < -0.39 is 0 Å². The first-order chi connectivity index (χ1) is 12.1. The Kier molecular flexibility index (Phi) is 4.93. The number of esters is 1. The summed E-state index contributed by atoms with van der Waals surface area (Å²) in [5, 5.41) is 0. The molecule has 0 atom stereocenters. The standard InChI is InChI=1S/C20H19NO4/c1-2-3-12-25-17(22)13-21-10-8-14(9-11-21)18-19(23)15-6-4-5-7-16(15)20(18)24/h4-11H,2-3,12-13H2,1H3. The van der Waals surface area contributed by atoms with E-state index in [0.717, 1.165) is 12.8 Å². The summed E-state index contributed by atoms with van der Waals surface area (Å²) in [4.78, 5) is 38.3. The maximum absolute atomic E-state index is 12.5. The average molecular weight is 337 g/mol. The molecule has 2 aliphatic rings. The number of allylic oxidation sites excluding steroid dienone is 4. The first-order valence-electron chi connectivity index (χ1n) is 8.32. The van der Waals surface area contributed by atoms with Gasteiger partial charge in [0, 0.05) is 23.5 Å². The Labute approximate surface area is 146 Å². The quantitative estimate of drug-likeness (QED) is 0.358. The van der Waals surface area contributed by atoms with Gasteiger partial charge in [0.2, 0.25) is 0 Å². The van der Waals surface area contributed by atoms with Gasteiger partial charge in [0.25, 0.3) is 0 Å². The van der Waals surface area contributed by atoms with Crippen LogP contribution in [-0.4, -0.2) is 35.6 Å². The van der Waals surface area contributed by atoms with Crippen LogP contribution in [0.2, 0.25) is 0 Å². The van der Waals surface area contributed by atoms with Gasteiger partial charge in [-0.2, -0.15) is 0 Å². The van der Waals surface area contributed by atoms with Crippen LogP contribution in [0.15, 0.2) is 60.0 Å². The highest BCUT2D eigenvalue weighted by molar-refractivity contribution is 6.40. The Balaban J connectivity index is 1.70. The van der Waals surface area contributed by atoms with E-state index in [-0.39, 0.29) is 29.7 Å².